The van der Waals surface area contributed by atoms with E-state index in [1.807, 2.05) is 6.07 Å². The normalized spacial score (nSPS) is 17.9. The van der Waals surface area contributed by atoms with E-state index < -0.39 is 0 Å². The Morgan fingerprint density at radius 3 is 2.86 bits per heavy atom. The molecule has 0 aliphatic carbocycles. The third-order valence-electron chi connectivity index (χ3n) is 4.36. The van der Waals surface area contributed by atoms with E-state index in [4.69, 9.17) is 0 Å². The molecule has 1 unspecified atom stereocenters. The van der Waals surface area contributed by atoms with Gasteiger partial charge in [0, 0.05) is 19.6 Å². The molecule has 1 aliphatic rings. The highest BCUT2D eigenvalue weighted by Gasteiger charge is 2.27. The zero-order valence-corrected chi connectivity index (χ0v) is 14.3. The van der Waals surface area contributed by atoms with Crippen molar-refractivity contribution in [1.29, 1.82) is 0 Å². The van der Waals surface area contributed by atoms with E-state index in [1.54, 1.807) is 13.2 Å². The SMILES string of the molecule is Cn1ncc(N2CCCC2CCc2ccccc2)c(Br)c1=O. The lowest BCUT2D eigenvalue weighted by Crippen LogP contribution is -2.32. The van der Waals surface area contributed by atoms with Crippen LogP contribution in [0.4, 0.5) is 5.69 Å². The third kappa shape index (κ3) is 3.09. The molecule has 2 aromatic rings. The number of nitrogens with zero attached hydrogens (tertiary/aromatic N) is 3. The van der Waals surface area contributed by atoms with Gasteiger partial charge in [-0.2, -0.15) is 5.10 Å². The van der Waals surface area contributed by atoms with Crippen molar-refractivity contribution in [3.05, 3.63) is 56.9 Å². The fraction of sp³-hybridized carbons (Fsp3) is 0.412. The maximum Gasteiger partial charge on any atom is 0.282 e. The average Bonchev–Trinajstić information content (AvgIpc) is 3.00. The number of hydrogen-bond acceptors (Lipinski definition) is 3. The second-order valence-electron chi connectivity index (χ2n) is 5.79. The third-order valence-corrected chi connectivity index (χ3v) is 5.10. The number of aryl methyl sites for hydroxylation is 2. The first-order valence-electron chi connectivity index (χ1n) is 7.69. The van der Waals surface area contributed by atoms with Crippen molar-refractivity contribution in [3.8, 4) is 0 Å². The summed E-state index contributed by atoms with van der Waals surface area (Å²) in [4.78, 5) is 14.4. The van der Waals surface area contributed by atoms with Gasteiger partial charge in [0.25, 0.3) is 5.56 Å². The molecule has 0 bridgehead atoms. The Labute approximate surface area is 138 Å². The quantitative estimate of drug-likeness (QED) is 0.839. The van der Waals surface area contributed by atoms with Crippen LogP contribution < -0.4 is 10.5 Å². The zero-order valence-electron chi connectivity index (χ0n) is 12.7. The Balaban J connectivity index is 1.76. The van der Waals surface area contributed by atoms with Crippen molar-refractivity contribution in [2.75, 3.05) is 11.4 Å². The molecule has 1 aromatic heterocycles. The summed E-state index contributed by atoms with van der Waals surface area (Å²) in [6.45, 7) is 0.993. The van der Waals surface area contributed by atoms with Gasteiger partial charge >= 0.3 is 0 Å². The lowest BCUT2D eigenvalue weighted by Gasteiger charge is -2.27. The lowest BCUT2D eigenvalue weighted by atomic mass is 10.0. The molecule has 1 aliphatic heterocycles. The summed E-state index contributed by atoms with van der Waals surface area (Å²) >= 11 is 3.45. The van der Waals surface area contributed by atoms with Crippen molar-refractivity contribution < 1.29 is 0 Å². The molecule has 0 spiro atoms. The van der Waals surface area contributed by atoms with Crippen LogP contribution >= 0.6 is 15.9 Å². The summed E-state index contributed by atoms with van der Waals surface area (Å²) in [7, 11) is 1.67. The summed E-state index contributed by atoms with van der Waals surface area (Å²) in [5, 5.41) is 4.17. The summed E-state index contributed by atoms with van der Waals surface area (Å²) in [5.41, 5.74) is 2.22. The van der Waals surface area contributed by atoms with Crippen LogP contribution in [0.3, 0.4) is 0 Å². The van der Waals surface area contributed by atoms with Gasteiger partial charge in [-0.3, -0.25) is 4.79 Å². The van der Waals surface area contributed by atoms with Gasteiger partial charge in [-0.05, 0) is 47.2 Å². The minimum absolute atomic E-state index is 0.0776. The minimum atomic E-state index is -0.0776. The molecule has 5 heteroatoms. The topological polar surface area (TPSA) is 38.1 Å². The summed E-state index contributed by atoms with van der Waals surface area (Å²) in [6, 6.07) is 11.1. The summed E-state index contributed by atoms with van der Waals surface area (Å²) in [5.74, 6) is 0. The number of halogens is 1. The van der Waals surface area contributed by atoms with Crippen molar-refractivity contribution in [3.63, 3.8) is 0 Å². The Bertz CT molecular complexity index is 699. The minimum Gasteiger partial charge on any atom is -0.366 e. The molecule has 1 atom stereocenters. The van der Waals surface area contributed by atoms with Crippen molar-refractivity contribution >= 4 is 21.6 Å². The van der Waals surface area contributed by atoms with E-state index in [9.17, 15) is 4.79 Å². The standard InChI is InChI=1S/C17H20BrN3O/c1-20-17(22)16(18)15(12-19-20)21-11-5-8-14(21)10-9-13-6-3-2-4-7-13/h2-4,6-7,12,14H,5,8-11H2,1H3. The predicted octanol–water partition coefficient (Wildman–Crippen LogP) is 3.14. The largest absolute Gasteiger partial charge is 0.366 e. The molecule has 1 saturated heterocycles. The van der Waals surface area contributed by atoms with Gasteiger partial charge in [-0.25, -0.2) is 4.68 Å². The monoisotopic (exact) mass is 361 g/mol. The molecule has 1 fully saturated rings. The fourth-order valence-corrected chi connectivity index (χ4v) is 3.72. The van der Waals surface area contributed by atoms with E-state index in [0.717, 1.165) is 25.1 Å². The maximum absolute atomic E-state index is 12.1. The van der Waals surface area contributed by atoms with E-state index >= 15 is 0 Å². The van der Waals surface area contributed by atoms with Crippen LogP contribution in [0.25, 0.3) is 0 Å². The maximum atomic E-state index is 12.1. The van der Waals surface area contributed by atoms with Gasteiger partial charge in [-0.1, -0.05) is 30.3 Å². The number of anilines is 1. The highest BCUT2D eigenvalue weighted by atomic mass is 79.9. The van der Waals surface area contributed by atoms with Gasteiger partial charge in [0.2, 0.25) is 0 Å². The van der Waals surface area contributed by atoms with Crippen LogP contribution in [-0.4, -0.2) is 22.4 Å². The molecule has 1 aromatic carbocycles. The average molecular weight is 362 g/mol. The predicted molar refractivity (Wildman–Crippen MR) is 92.3 cm³/mol. The second-order valence-corrected chi connectivity index (χ2v) is 6.58. The molecule has 0 amide bonds. The van der Waals surface area contributed by atoms with Gasteiger partial charge in [-0.15, -0.1) is 0 Å². The van der Waals surface area contributed by atoms with Crippen molar-refractivity contribution in [2.45, 2.75) is 31.7 Å². The molecule has 4 nitrogen and oxygen atoms in total. The zero-order chi connectivity index (χ0) is 15.5. The van der Waals surface area contributed by atoms with Crippen molar-refractivity contribution in [1.82, 2.24) is 9.78 Å². The number of hydrogen-bond donors (Lipinski definition) is 0. The van der Waals surface area contributed by atoms with Crippen LogP contribution in [-0.2, 0) is 13.5 Å². The van der Waals surface area contributed by atoms with Crippen LogP contribution in [0, 0.1) is 0 Å². The molecule has 2 heterocycles. The molecule has 0 N–H and O–H groups in total. The molecule has 0 radical (unpaired) electrons. The number of benzene rings is 1. The lowest BCUT2D eigenvalue weighted by molar-refractivity contribution is 0.604. The number of rotatable bonds is 4. The fourth-order valence-electron chi connectivity index (χ4n) is 3.13. The molecular formula is C17H20BrN3O. The summed E-state index contributed by atoms with van der Waals surface area (Å²) < 4.78 is 1.99. The summed E-state index contributed by atoms with van der Waals surface area (Å²) in [6.07, 6.45) is 6.31. The van der Waals surface area contributed by atoms with E-state index in [2.05, 4.69) is 50.2 Å². The molecule has 0 saturated carbocycles. The Kier molecular flexibility index (Phi) is 4.62. The van der Waals surface area contributed by atoms with Gasteiger partial charge in [0.1, 0.15) is 4.47 Å². The first-order valence-corrected chi connectivity index (χ1v) is 8.48. The second kappa shape index (κ2) is 6.65. The smallest absolute Gasteiger partial charge is 0.282 e. The van der Waals surface area contributed by atoms with Gasteiger partial charge in [0.15, 0.2) is 0 Å². The van der Waals surface area contributed by atoms with Gasteiger partial charge < -0.3 is 4.90 Å². The molecule has 3 rings (SSSR count). The Hall–Kier alpha value is -1.62. The van der Waals surface area contributed by atoms with E-state index in [-0.39, 0.29) is 5.56 Å². The Morgan fingerprint density at radius 1 is 1.32 bits per heavy atom. The molecule has 116 valence electrons. The van der Waals surface area contributed by atoms with E-state index in [0.29, 0.717) is 10.5 Å². The van der Waals surface area contributed by atoms with E-state index in [1.165, 1.54) is 23.1 Å². The van der Waals surface area contributed by atoms with Crippen LogP contribution in [0.2, 0.25) is 0 Å². The van der Waals surface area contributed by atoms with Crippen LogP contribution in [0.1, 0.15) is 24.8 Å². The van der Waals surface area contributed by atoms with Gasteiger partial charge in [0.05, 0.1) is 11.9 Å². The first kappa shape index (κ1) is 15.3. The molecule has 22 heavy (non-hydrogen) atoms. The number of aromatic nitrogens is 2. The molecular weight excluding hydrogens is 342 g/mol. The highest BCUT2D eigenvalue weighted by molar-refractivity contribution is 9.10. The van der Waals surface area contributed by atoms with Crippen LogP contribution in [0.15, 0.2) is 45.8 Å². The first-order chi connectivity index (χ1) is 10.7. The van der Waals surface area contributed by atoms with Crippen molar-refractivity contribution in [2.24, 2.45) is 7.05 Å². The highest BCUT2D eigenvalue weighted by Crippen LogP contribution is 2.31. The Morgan fingerprint density at radius 2 is 2.09 bits per heavy atom. The van der Waals surface area contributed by atoms with Crippen LogP contribution in [0.5, 0.6) is 0 Å².